The van der Waals surface area contributed by atoms with Crippen LogP contribution in [0.2, 0.25) is 0 Å². The third kappa shape index (κ3) is 4.32. The number of aromatic nitrogens is 2. The fraction of sp³-hybridized carbons (Fsp3) is 0.444. The van der Waals surface area contributed by atoms with Crippen LogP contribution in [-0.2, 0) is 26.4 Å². The van der Waals surface area contributed by atoms with Gasteiger partial charge in [-0.05, 0) is 37.3 Å². The fourth-order valence-electron chi connectivity index (χ4n) is 5.15. The molecular formula is C27H33N3O4. The average Bonchev–Trinajstić information content (AvgIpc) is 3.14. The van der Waals surface area contributed by atoms with Crippen LogP contribution in [0.4, 0.5) is 0 Å². The molecule has 2 heterocycles. The summed E-state index contributed by atoms with van der Waals surface area (Å²) in [6.07, 6.45) is 3.88. The summed E-state index contributed by atoms with van der Waals surface area (Å²) in [7, 11) is 1.80. The molecule has 1 aliphatic rings. The second-order valence-electron chi connectivity index (χ2n) is 9.10. The molecule has 0 bridgehead atoms. The molecule has 0 radical (unpaired) electrons. The topological polar surface area (TPSA) is 93.3 Å². The Hall–Kier alpha value is -3.19. The molecule has 1 fully saturated rings. The van der Waals surface area contributed by atoms with Crippen LogP contribution in [0.15, 0.2) is 41.2 Å². The van der Waals surface area contributed by atoms with Crippen molar-refractivity contribution in [1.82, 2.24) is 14.5 Å². The zero-order valence-corrected chi connectivity index (χ0v) is 20.1. The number of aliphatic hydroxyl groups is 1. The summed E-state index contributed by atoms with van der Waals surface area (Å²) >= 11 is 0. The first-order valence-corrected chi connectivity index (χ1v) is 12.2. The minimum absolute atomic E-state index is 0.0458. The minimum Gasteiger partial charge on any atom is -0.391 e. The van der Waals surface area contributed by atoms with E-state index in [0.717, 1.165) is 25.0 Å². The first-order chi connectivity index (χ1) is 16.4. The van der Waals surface area contributed by atoms with Crippen molar-refractivity contribution in [3.05, 3.63) is 69.3 Å². The number of rotatable bonds is 7. The molecule has 34 heavy (non-hydrogen) atoms. The highest BCUT2D eigenvalue weighted by Crippen LogP contribution is 2.26. The van der Waals surface area contributed by atoms with Crippen molar-refractivity contribution in [2.45, 2.75) is 71.1 Å². The number of carbonyl (C=O) groups excluding carboxylic acids is 2. The molecule has 1 amide bonds. The zero-order valence-electron chi connectivity index (χ0n) is 20.1. The highest BCUT2D eigenvalue weighted by Gasteiger charge is 2.29. The molecule has 1 aromatic carbocycles. The number of carbonyl (C=O) groups is 2. The van der Waals surface area contributed by atoms with Crippen molar-refractivity contribution in [1.29, 1.82) is 0 Å². The maximum absolute atomic E-state index is 13.7. The SMILES string of the molecule is CCc1c(C(=O)N[C@H]2CCCCC2O)n(C)c2cc(CC)n(CC(=O)c3ccccc3)c(=O)c12. The standard InChI is InChI=1S/C27H33N3O4/c1-4-18-15-21-24(27(34)30(18)16-23(32)17-11-7-6-8-12-17)19(5-2)25(29(21)3)26(33)28-20-13-9-10-14-22(20)31/h6-8,11-12,15,20,22,31H,4-5,9-10,13-14,16H2,1-3H3,(H,28,33)/t20-,22?/m0/s1. The predicted octanol–water partition coefficient (Wildman–Crippen LogP) is 3.38. The summed E-state index contributed by atoms with van der Waals surface area (Å²) in [4.78, 5) is 40.0. The molecule has 180 valence electrons. The zero-order chi connectivity index (χ0) is 24.4. The lowest BCUT2D eigenvalue weighted by Gasteiger charge is -2.28. The van der Waals surface area contributed by atoms with Gasteiger partial charge in [0.25, 0.3) is 11.5 Å². The molecule has 2 atom stereocenters. The first-order valence-electron chi connectivity index (χ1n) is 12.2. The number of aliphatic hydroxyl groups excluding tert-OH is 1. The number of hydrogen-bond acceptors (Lipinski definition) is 4. The van der Waals surface area contributed by atoms with E-state index in [2.05, 4.69) is 5.32 Å². The van der Waals surface area contributed by atoms with Gasteiger partial charge in [0.1, 0.15) is 5.69 Å². The number of Topliss-reactive ketones (excluding diaryl/α,β-unsaturated/α-hetero) is 1. The van der Waals surface area contributed by atoms with Gasteiger partial charge >= 0.3 is 0 Å². The van der Waals surface area contributed by atoms with E-state index in [1.165, 1.54) is 0 Å². The predicted molar refractivity (Wildman–Crippen MR) is 132 cm³/mol. The lowest BCUT2D eigenvalue weighted by molar-refractivity contribution is 0.0711. The Kier molecular flexibility index (Phi) is 7.03. The molecule has 4 rings (SSSR count). The highest BCUT2D eigenvalue weighted by atomic mass is 16.3. The van der Waals surface area contributed by atoms with Crippen LogP contribution in [0.3, 0.4) is 0 Å². The highest BCUT2D eigenvalue weighted by molar-refractivity contribution is 6.02. The van der Waals surface area contributed by atoms with Crippen LogP contribution >= 0.6 is 0 Å². The molecular weight excluding hydrogens is 430 g/mol. The van der Waals surface area contributed by atoms with Gasteiger partial charge in [0.2, 0.25) is 0 Å². The maximum atomic E-state index is 13.7. The van der Waals surface area contributed by atoms with E-state index < -0.39 is 6.10 Å². The van der Waals surface area contributed by atoms with Crippen molar-refractivity contribution >= 4 is 22.6 Å². The normalized spacial score (nSPS) is 18.2. The van der Waals surface area contributed by atoms with Crippen molar-refractivity contribution in [2.75, 3.05) is 0 Å². The van der Waals surface area contributed by atoms with E-state index in [1.54, 1.807) is 40.4 Å². The Bertz CT molecular complexity index is 1270. The largest absolute Gasteiger partial charge is 0.391 e. The summed E-state index contributed by atoms with van der Waals surface area (Å²) in [6, 6.07) is 10.6. The molecule has 0 spiro atoms. The number of benzene rings is 1. The molecule has 0 saturated heterocycles. The van der Waals surface area contributed by atoms with Crippen molar-refractivity contribution in [3.63, 3.8) is 0 Å². The molecule has 7 heteroatoms. The second-order valence-corrected chi connectivity index (χ2v) is 9.10. The van der Waals surface area contributed by atoms with E-state index in [0.29, 0.717) is 47.0 Å². The molecule has 2 aromatic heterocycles. The number of aryl methyl sites for hydroxylation is 3. The third-order valence-electron chi connectivity index (χ3n) is 7.02. The Morgan fingerprint density at radius 1 is 1.09 bits per heavy atom. The third-order valence-corrected chi connectivity index (χ3v) is 7.02. The number of nitrogens with one attached hydrogen (secondary N) is 1. The average molecular weight is 464 g/mol. The van der Waals surface area contributed by atoms with E-state index in [9.17, 15) is 19.5 Å². The van der Waals surface area contributed by atoms with Gasteiger partial charge in [-0.1, -0.05) is 57.0 Å². The van der Waals surface area contributed by atoms with Gasteiger partial charge < -0.3 is 19.6 Å². The number of ketones is 1. The summed E-state index contributed by atoms with van der Waals surface area (Å²) in [5.41, 5.74) is 2.88. The summed E-state index contributed by atoms with van der Waals surface area (Å²) < 4.78 is 3.33. The molecule has 1 saturated carbocycles. The van der Waals surface area contributed by atoms with Gasteiger partial charge in [-0.25, -0.2) is 0 Å². The molecule has 1 aliphatic carbocycles. The Morgan fingerprint density at radius 2 is 1.79 bits per heavy atom. The smallest absolute Gasteiger partial charge is 0.268 e. The van der Waals surface area contributed by atoms with E-state index in [-0.39, 0.29) is 29.8 Å². The van der Waals surface area contributed by atoms with E-state index >= 15 is 0 Å². The number of fused-ring (bicyclic) bond motifs is 1. The monoisotopic (exact) mass is 463 g/mol. The Labute approximate surface area is 199 Å². The van der Waals surface area contributed by atoms with Gasteiger partial charge in [-0.2, -0.15) is 0 Å². The van der Waals surface area contributed by atoms with Crippen molar-refractivity contribution in [2.24, 2.45) is 7.05 Å². The van der Waals surface area contributed by atoms with Gasteiger partial charge in [-0.3, -0.25) is 14.4 Å². The van der Waals surface area contributed by atoms with Gasteiger partial charge in [-0.15, -0.1) is 0 Å². The molecule has 7 nitrogen and oxygen atoms in total. The number of pyridine rings is 1. The summed E-state index contributed by atoms with van der Waals surface area (Å²) in [5.74, 6) is -0.402. The van der Waals surface area contributed by atoms with Gasteiger partial charge in [0.15, 0.2) is 5.78 Å². The molecule has 3 aromatic rings. The molecule has 0 aliphatic heterocycles. The quantitative estimate of drug-likeness (QED) is 0.526. The number of nitrogens with zero attached hydrogens (tertiary/aromatic N) is 2. The summed E-state index contributed by atoms with van der Waals surface area (Å²) in [5, 5.41) is 13.8. The van der Waals surface area contributed by atoms with Crippen molar-refractivity contribution < 1.29 is 14.7 Å². The van der Waals surface area contributed by atoms with Crippen LogP contribution in [0.25, 0.3) is 10.9 Å². The Balaban J connectivity index is 1.79. The maximum Gasteiger partial charge on any atom is 0.268 e. The fourth-order valence-corrected chi connectivity index (χ4v) is 5.15. The number of hydrogen-bond donors (Lipinski definition) is 2. The second kappa shape index (κ2) is 9.97. The lowest BCUT2D eigenvalue weighted by atomic mass is 9.92. The van der Waals surface area contributed by atoms with Gasteiger partial charge in [0, 0.05) is 18.3 Å². The summed E-state index contributed by atoms with van der Waals surface area (Å²) in [6.45, 7) is 3.83. The van der Waals surface area contributed by atoms with Crippen molar-refractivity contribution in [3.8, 4) is 0 Å². The first kappa shape index (κ1) is 24.0. The Morgan fingerprint density at radius 3 is 2.44 bits per heavy atom. The van der Waals surface area contributed by atoms with Gasteiger partial charge in [0.05, 0.1) is 29.6 Å². The van der Waals surface area contributed by atoms with E-state index in [1.807, 2.05) is 26.0 Å². The van der Waals surface area contributed by atoms with Crippen LogP contribution in [0, 0.1) is 0 Å². The molecule has 2 N–H and O–H groups in total. The van der Waals surface area contributed by atoms with Crippen LogP contribution < -0.4 is 10.9 Å². The van der Waals surface area contributed by atoms with Crippen LogP contribution in [0.5, 0.6) is 0 Å². The van der Waals surface area contributed by atoms with E-state index in [4.69, 9.17) is 0 Å². The minimum atomic E-state index is -0.551. The molecule has 1 unspecified atom stereocenters. The van der Waals surface area contributed by atoms with Crippen LogP contribution in [0.1, 0.15) is 71.6 Å². The number of amides is 1. The van der Waals surface area contributed by atoms with Crippen LogP contribution in [-0.4, -0.2) is 38.1 Å². The lowest BCUT2D eigenvalue weighted by Crippen LogP contribution is -2.45.